The number of carboxylic acid groups (broad SMARTS) is 1. The van der Waals surface area contributed by atoms with E-state index in [1.807, 2.05) is 62.4 Å². The van der Waals surface area contributed by atoms with Crippen molar-refractivity contribution in [2.45, 2.75) is 13.8 Å². The van der Waals surface area contributed by atoms with Crippen LogP contribution in [0, 0.1) is 13.8 Å². The summed E-state index contributed by atoms with van der Waals surface area (Å²) in [5.74, 6) is -1.09. The van der Waals surface area contributed by atoms with Crippen LogP contribution in [0.4, 0.5) is 0 Å². The smallest absolute Gasteiger partial charge is 0.372 e. The van der Waals surface area contributed by atoms with E-state index < -0.39 is 5.97 Å². The lowest BCUT2D eigenvalue weighted by atomic mass is 9.95. The first-order valence-corrected chi connectivity index (χ1v) is 7.05. The van der Waals surface area contributed by atoms with Crippen LogP contribution in [0.1, 0.15) is 21.7 Å². The van der Waals surface area contributed by atoms with Crippen LogP contribution < -0.4 is 0 Å². The van der Waals surface area contributed by atoms with Crippen molar-refractivity contribution < 1.29 is 14.3 Å². The summed E-state index contributed by atoms with van der Waals surface area (Å²) in [6.07, 6.45) is 1.52. The van der Waals surface area contributed by atoms with Crippen molar-refractivity contribution in [3.63, 3.8) is 0 Å². The minimum atomic E-state index is -1.06. The normalized spacial score (nSPS) is 10.6. The van der Waals surface area contributed by atoms with Crippen LogP contribution in [-0.2, 0) is 0 Å². The van der Waals surface area contributed by atoms with Gasteiger partial charge in [0, 0.05) is 11.1 Å². The van der Waals surface area contributed by atoms with Crippen LogP contribution in [0.2, 0.25) is 0 Å². The van der Waals surface area contributed by atoms with E-state index >= 15 is 0 Å². The molecule has 1 aromatic heterocycles. The Morgan fingerprint density at radius 3 is 1.86 bits per heavy atom. The molecule has 3 rings (SSSR count). The van der Waals surface area contributed by atoms with E-state index in [-0.39, 0.29) is 5.76 Å². The van der Waals surface area contributed by atoms with Gasteiger partial charge in [-0.1, -0.05) is 59.7 Å². The van der Waals surface area contributed by atoms with E-state index in [0.29, 0.717) is 5.56 Å². The molecule has 0 radical (unpaired) electrons. The average molecular weight is 292 g/mol. The SMILES string of the molecule is Cc1ccc(-c2coc(C(=O)O)c2-c2ccc(C)cc2)cc1. The predicted octanol–water partition coefficient (Wildman–Crippen LogP) is 4.93. The van der Waals surface area contributed by atoms with Gasteiger partial charge in [0.1, 0.15) is 6.26 Å². The van der Waals surface area contributed by atoms with Crippen molar-refractivity contribution in [3.8, 4) is 22.3 Å². The third kappa shape index (κ3) is 2.53. The number of rotatable bonds is 3. The standard InChI is InChI=1S/C19H16O3/c1-12-3-7-14(8-4-12)16-11-22-18(19(20)21)17(16)15-9-5-13(2)6-10-15/h3-11H,1-2H3,(H,20,21). The van der Waals surface area contributed by atoms with Gasteiger partial charge in [-0.05, 0) is 25.0 Å². The van der Waals surface area contributed by atoms with Crippen LogP contribution in [0.25, 0.3) is 22.3 Å². The molecule has 0 spiro atoms. The Bertz CT molecular complexity index is 809. The van der Waals surface area contributed by atoms with Gasteiger partial charge in [0.15, 0.2) is 0 Å². The second-order valence-electron chi connectivity index (χ2n) is 5.39. The van der Waals surface area contributed by atoms with E-state index in [1.165, 1.54) is 6.26 Å². The largest absolute Gasteiger partial charge is 0.475 e. The fourth-order valence-corrected chi connectivity index (χ4v) is 2.47. The summed E-state index contributed by atoms with van der Waals surface area (Å²) in [6, 6.07) is 15.7. The Balaban J connectivity index is 2.21. The van der Waals surface area contributed by atoms with Gasteiger partial charge in [0.05, 0.1) is 0 Å². The lowest BCUT2D eigenvalue weighted by molar-refractivity contribution is 0.0663. The van der Waals surface area contributed by atoms with Gasteiger partial charge in [0.2, 0.25) is 5.76 Å². The molecule has 110 valence electrons. The summed E-state index contributed by atoms with van der Waals surface area (Å²) in [7, 11) is 0. The highest BCUT2D eigenvalue weighted by Gasteiger charge is 2.21. The van der Waals surface area contributed by atoms with Crippen molar-refractivity contribution in [1.82, 2.24) is 0 Å². The van der Waals surface area contributed by atoms with Crippen molar-refractivity contribution in [2.24, 2.45) is 0 Å². The van der Waals surface area contributed by atoms with Crippen LogP contribution in [0.15, 0.2) is 59.2 Å². The first-order valence-electron chi connectivity index (χ1n) is 7.05. The highest BCUT2D eigenvalue weighted by atomic mass is 16.4. The maximum atomic E-state index is 11.5. The minimum absolute atomic E-state index is 0.0283. The summed E-state index contributed by atoms with van der Waals surface area (Å²) in [4.78, 5) is 11.5. The lowest BCUT2D eigenvalue weighted by Crippen LogP contribution is -1.96. The number of hydrogen-bond acceptors (Lipinski definition) is 2. The second-order valence-corrected chi connectivity index (χ2v) is 5.39. The third-order valence-electron chi connectivity index (χ3n) is 3.69. The van der Waals surface area contributed by atoms with Crippen LogP contribution in [-0.4, -0.2) is 11.1 Å². The highest BCUT2D eigenvalue weighted by molar-refractivity contribution is 5.99. The third-order valence-corrected chi connectivity index (χ3v) is 3.69. The van der Waals surface area contributed by atoms with Crippen molar-refractivity contribution in [3.05, 3.63) is 71.7 Å². The quantitative estimate of drug-likeness (QED) is 0.744. The molecule has 3 heteroatoms. The molecular formula is C19H16O3. The van der Waals surface area contributed by atoms with Crippen molar-refractivity contribution in [1.29, 1.82) is 0 Å². The number of carboxylic acids is 1. The van der Waals surface area contributed by atoms with Gasteiger partial charge < -0.3 is 9.52 Å². The summed E-state index contributed by atoms with van der Waals surface area (Å²) >= 11 is 0. The van der Waals surface area contributed by atoms with Gasteiger partial charge in [-0.2, -0.15) is 0 Å². The van der Waals surface area contributed by atoms with Crippen LogP contribution in [0.5, 0.6) is 0 Å². The summed E-state index contributed by atoms with van der Waals surface area (Å²) in [5, 5.41) is 9.39. The molecule has 0 aliphatic rings. The summed E-state index contributed by atoms with van der Waals surface area (Å²) in [5.41, 5.74) is 5.48. The molecule has 0 saturated carbocycles. The molecule has 0 aliphatic carbocycles. The van der Waals surface area contributed by atoms with E-state index in [2.05, 4.69) is 0 Å². The zero-order valence-electron chi connectivity index (χ0n) is 12.5. The molecule has 1 N–H and O–H groups in total. The maximum absolute atomic E-state index is 11.5. The molecule has 3 nitrogen and oxygen atoms in total. The molecular weight excluding hydrogens is 276 g/mol. The molecule has 0 atom stereocenters. The number of benzene rings is 2. The molecule has 0 unspecified atom stereocenters. The number of hydrogen-bond donors (Lipinski definition) is 1. The van der Waals surface area contributed by atoms with Gasteiger partial charge in [-0.3, -0.25) is 0 Å². The molecule has 0 fully saturated rings. The summed E-state index contributed by atoms with van der Waals surface area (Å²) in [6.45, 7) is 4.01. The molecule has 0 aliphatic heterocycles. The number of carbonyl (C=O) groups is 1. The van der Waals surface area contributed by atoms with E-state index in [4.69, 9.17) is 4.42 Å². The van der Waals surface area contributed by atoms with E-state index in [9.17, 15) is 9.90 Å². The Morgan fingerprint density at radius 2 is 1.36 bits per heavy atom. The number of aromatic carboxylic acids is 1. The number of aryl methyl sites for hydroxylation is 2. The summed E-state index contributed by atoms with van der Waals surface area (Å²) < 4.78 is 5.33. The zero-order chi connectivity index (χ0) is 15.7. The monoisotopic (exact) mass is 292 g/mol. The average Bonchev–Trinajstić information content (AvgIpc) is 2.94. The fourth-order valence-electron chi connectivity index (χ4n) is 2.47. The van der Waals surface area contributed by atoms with Crippen LogP contribution >= 0.6 is 0 Å². The first-order chi connectivity index (χ1) is 10.6. The predicted molar refractivity (Wildman–Crippen MR) is 86.0 cm³/mol. The molecule has 1 heterocycles. The van der Waals surface area contributed by atoms with Crippen molar-refractivity contribution >= 4 is 5.97 Å². The van der Waals surface area contributed by atoms with E-state index in [1.54, 1.807) is 0 Å². The van der Waals surface area contributed by atoms with Crippen LogP contribution in [0.3, 0.4) is 0 Å². The first kappa shape index (κ1) is 14.1. The minimum Gasteiger partial charge on any atom is -0.475 e. The Labute approximate surface area is 128 Å². The Kier molecular flexibility index (Phi) is 3.55. The second kappa shape index (κ2) is 5.53. The maximum Gasteiger partial charge on any atom is 0.372 e. The van der Waals surface area contributed by atoms with Gasteiger partial charge in [-0.25, -0.2) is 4.79 Å². The van der Waals surface area contributed by atoms with Gasteiger partial charge in [-0.15, -0.1) is 0 Å². The van der Waals surface area contributed by atoms with Crippen molar-refractivity contribution in [2.75, 3.05) is 0 Å². The van der Waals surface area contributed by atoms with Gasteiger partial charge in [0.25, 0.3) is 0 Å². The van der Waals surface area contributed by atoms with Gasteiger partial charge >= 0.3 is 5.97 Å². The molecule has 2 aromatic carbocycles. The topological polar surface area (TPSA) is 50.4 Å². The zero-order valence-corrected chi connectivity index (χ0v) is 12.5. The molecule has 0 amide bonds. The lowest BCUT2D eigenvalue weighted by Gasteiger charge is -2.06. The molecule has 22 heavy (non-hydrogen) atoms. The highest BCUT2D eigenvalue weighted by Crippen LogP contribution is 2.37. The number of furan rings is 1. The molecule has 0 saturated heterocycles. The Morgan fingerprint density at radius 1 is 0.864 bits per heavy atom. The molecule has 0 bridgehead atoms. The molecule has 3 aromatic rings. The Hall–Kier alpha value is -2.81. The van der Waals surface area contributed by atoms with E-state index in [0.717, 1.165) is 27.8 Å². The fraction of sp³-hybridized carbons (Fsp3) is 0.105.